The highest BCUT2D eigenvalue weighted by Crippen LogP contribution is 2.30. The number of hydrogen-bond acceptors (Lipinski definition) is 2. The number of fused-ring (bicyclic) bond motifs is 1. The lowest BCUT2D eigenvalue weighted by Gasteiger charge is -2.19. The van der Waals surface area contributed by atoms with E-state index in [4.69, 9.17) is 16.3 Å². The Labute approximate surface area is 168 Å². The molecule has 1 aromatic heterocycles. The van der Waals surface area contributed by atoms with Gasteiger partial charge < -0.3 is 15.0 Å². The maximum Gasteiger partial charge on any atom is 0.408 e. The van der Waals surface area contributed by atoms with Gasteiger partial charge in [0.25, 0.3) is 0 Å². The van der Waals surface area contributed by atoms with E-state index in [1.165, 1.54) is 0 Å². The molecule has 0 radical (unpaired) electrons. The van der Waals surface area contributed by atoms with Gasteiger partial charge in [-0.25, -0.2) is 4.79 Å². The predicted molar refractivity (Wildman–Crippen MR) is 111 cm³/mol. The molecule has 3 aromatic carbocycles. The third kappa shape index (κ3) is 4.02. The summed E-state index contributed by atoms with van der Waals surface area (Å²) in [7, 11) is 0. The van der Waals surface area contributed by atoms with E-state index in [0.29, 0.717) is 5.02 Å². The van der Waals surface area contributed by atoms with Crippen molar-refractivity contribution in [3.8, 4) is 0 Å². The van der Waals surface area contributed by atoms with Gasteiger partial charge in [0, 0.05) is 27.7 Å². The van der Waals surface area contributed by atoms with Crippen molar-refractivity contribution in [3.63, 3.8) is 0 Å². The molecule has 2 N–H and O–H groups in total. The van der Waals surface area contributed by atoms with Gasteiger partial charge in [0.05, 0.1) is 6.04 Å². The molecular formula is C23H19ClN2O2. The van der Waals surface area contributed by atoms with E-state index in [-0.39, 0.29) is 12.6 Å². The number of rotatable bonds is 5. The minimum absolute atomic E-state index is 0.216. The first-order valence-corrected chi connectivity index (χ1v) is 9.37. The largest absolute Gasteiger partial charge is 0.445 e. The number of benzene rings is 3. The average molecular weight is 391 g/mol. The zero-order valence-electron chi connectivity index (χ0n) is 15.1. The SMILES string of the molecule is O=C(NC(c1ccccc1)c1c[nH]c2ccc(Cl)cc12)OCc1ccccc1. The lowest BCUT2D eigenvalue weighted by molar-refractivity contribution is 0.137. The number of hydrogen-bond donors (Lipinski definition) is 2. The molecule has 0 fully saturated rings. The number of ether oxygens (including phenoxy) is 1. The van der Waals surface area contributed by atoms with Gasteiger partial charge in [0.15, 0.2) is 0 Å². The van der Waals surface area contributed by atoms with E-state index in [1.807, 2.05) is 85.1 Å². The summed E-state index contributed by atoms with van der Waals surface area (Å²) in [5, 5.41) is 4.60. The number of alkyl carbamates (subject to hydrolysis) is 1. The molecule has 0 aliphatic rings. The van der Waals surface area contributed by atoms with E-state index in [2.05, 4.69) is 10.3 Å². The Bertz CT molecular complexity index is 1080. The highest BCUT2D eigenvalue weighted by Gasteiger charge is 2.21. The van der Waals surface area contributed by atoms with Crippen LogP contribution in [-0.4, -0.2) is 11.1 Å². The third-order valence-corrected chi connectivity index (χ3v) is 4.83. The van der Waals surface area contributed by atoms with Crippen LogP contribution in [0.4, 0.5) is 4.79 Å². The minimum Gasteiger partial charge on any atom is -0.445 e. The number of aromatic nitrogens is 1. The molecule has 4 nitrogen and oxygen atoms in total. The Hall–Kier alpha value is -3.24. The van der Waals surface area contributed by atoms with E-state index in [0.717, 1.165) is 27.6 Å². The Morgan fingerprint density at radius 1 is 1.00 bits per heavy atom. The molecular weight excluding hydrogens is 372 g/mol. The second-order valence-corrected chi connectivity index (χ2v) is 6.92. The summed E-state index contributed by atoms with van der Waals surface area (Å²) < 4.78 is 5.43. The number of halogens is 1. The highest BCUT2D eigenvalue weighted by molar-refractivity contribution is 6.31. The van der Waals surface area contributed by atoms with Crippen LogP contribution in [0, 0.1) is 0 Å². The molecule has 0 saturated heterocycles. The molecule has 1 atom stereocenters. The van der Waals surface area contributed by atoms with Crippen LogP contribution in [-0.2, 0) is 11.3 Å². The molecule has 4 rings (SSSR count). The van der Waals surface area contributed by atoms with Gasteiger partial charge in [-0.05, 0) is 29.3 Å². The lowest BCUT2D eigenvalue weighted by atomic mass is 9.98. The Morgan fingerprint density at radius 2 is 1.71 bits per heavy atom. The topological polar surface area (TPSA) is 54.1 Å². The first-order chi connectivity index (χ1) is 13.7. The maximum absolute atomic E-state index is 12.5. The summed E-state index contributed by atoms with van der Waals surface area (Å²) in [5.74, 6) is 0. The first kappa shape index (κ1) is 18.1. The summed E-state index contributed by atoms with van der Waals surface area (Å²) in [6, 6.07) is 24.7. The molecule has 0 aliphatic heterocycles. The van der Waals surface area contributed by atoms with Crippen molar-refractivity contribution in [3.05, 3.63) is 107 Å². The first-order valence-electron chi connectivity index (χ1n) is 8.99. The summed E-state index contributed by atoms with van der Waals surface area (Å²) in [4.78, 5) is 15.8. The summed E-state index contributed by atoms with van der Waals surface area (Å²) in [5.41, 5.74) is 3.79. The number of carbonyl (C=O) groups is 1. The van der Waals surface area contributed by atoms with Gasteiger partial charge >= 0.3 is 6.09 Å². The van der Waals surface area contributed by atoms with Crippen molar-refractivity contribution >= 4 is 28.6 Å². The van der Waals surface area contributed by atoms with Crippen molar-refractivity contribution in [1.29, 1.82) is 0 Å². The molecule has 140 valence electrons. The Morgan fingerprint density at radius 3 is 2.46 bits per heavy atom. The fourth-order valence-electron chi connectivity index (χ4n) is 3.22. The maximum atomic E-state index is 12.5. The van der Waals surface area contributed by atoms with E-state index in [9.17, 15) is 4.79 Å². The average Bonchev–Trinajstić information content (AvgIpc) is 3.14. The van der Waals surface area contributed by atoms with E-state index in [1.54, 1.807) is 0 Å². The number of nitrogens with one attached hydrogen (secondary N) is 2. The van der Waals surface area contributed by atoms with Gasteiger partial charge in [0.1, 0.15) is 6.61 Å². The Kier molecular flexibility index (Phi) is 5.31. The van der Waals surface area contributed by atoms with Gasteiger partial charge in [-0.1, -0.05) is 72.3 Å². The van der Waals surface area contributed by atoms with Crippen LogP contribution in [0.15, 0.2) is 85.1 Å². The summed E-state index contributed by atoms with van der Waals surface area (Å²) >= 11 is 6.20. The number of amides is 1. The van der Waals surface area contributed by atoms with E-state index >= 15 is 0 Å². The van der Waals surface area contributed by atoms with Crippen LogP contribution >= 0.6 is 11.6 Å². The number of aromatic amines is 1. The van der Waals surface area contributed by atoms with Gasteiger partial charge in [-0.2, -0.15) is 0 Å². The van der Waals surface area contributed by atoms with Crippen LogP contribution in [0.2, 0.25) is 5.02 Å². The molecule has 1 heterocycles. The molecule has 1 unspecified atom stereocenters. The lowest BCUT2D eigenvalue weighted by Crippen LogP contribution is -2.29. The van der Waals surface area contributed by atoms with Crippen molar-refractivity contribution in [1.82, 2.24) is 10.3 Å². The highest BCUT2D eigenvalue weighted by atomic mass is 35.5. The van der Waals surface area contributed by atoms with E-state index < -0.39 is 6.09 Å². The molecule has 1 amide bonds. The van der Waals surface area contributed by atoms with Crippen molar-refractivity contribution in [2.45, 2.75) is 12.6 Å². The zero-order valence-corrected chi connectivity index (χ0v) is 15.8. The fraction of sp³-hybridized carbons (Fsp3) is 0.0870. The van der Waals surface area contributed by atoms with Crippen LogP contribution < -0.4 is 5.32 Å². The van der Waals surface area contributed by atoms with Crippen molar-refractivity contribution < 1.29 is 9.53 Å². The monoisotopic (exact) mass is 390 g/mol. The molecule has 0 spiro atoms. The number of H-pyrrole nitrogens is 1. The van der Waals surface area contributed by atoms with Crippen molar-refractivity contribution in [2.24, 2.45) is 0 Å². The molecule has 0 bridgehead atoms. The van der Waals surface area contributed by atoms with Gasteiger partial charge in [-0.3, -0.25) is 0 Å². The van der Waals surface area contributed by atoms with Crippen LogP contribution in [0.1, 0.15) is 22.7 Å². The summed E-state index contributed by atoms with van der Waals surface area (Å²) in [6.45, 7) is 0.216. The molecule has 5 heteroatoms. The van der Waals surface area contributed by atoms with Crippen LogP contribution in [0.3, 0.4) is 0 Å². The number of carbonyl (C=O) groups excluding carboxylic acids is 1. The second kappa shape index (κ2) is 8.19. The molecule has 0 saturated carbocycles. The van der Waals surface area contributed by atoms with Crippen LogP contribution in [0.25, 0.3) is 10.9 Å². The second-order valence-electron chi connectivity index (χ2n) is 6.48. The van der Waals surface area contributed by atoms with Crippen LogP contribution in [0.5, 0.6) is 0 Å². The predicted octanol–water partition coefficient (Wildman–Crippen LogP) is 5.84. The smallest absolute Gasteiger partial charge is 0.408 e. The van der Waals surface area contributed by atoms with Crippen molar-refractivity contribution in [2.75, 3.05) is 0 Å². The molecule has 28 heavy (non-hydrogen) atoms. The zero-order chi connectivity index (χ0) is 19.3. The standard InChI is InChI=1S/C23H19ClN2O2/c24-18-11-12-21-19(13-18)20(14-25-21)22(17-9-5-2-6-10-17)26-23(27)28-15-16-7-3-1-4-8-16/h1-14,22,25H,15H2,(H,26,27). The Balaban J connectivity index is 1.61. The van der Waals surface area contributed by atoms with Gasteiger partial charge in [-0.15, -0.1) is 0 Å². The normalized spacial score (nSPS) is 11.9. The van der Waals surface area contributed by atoms with Gasteiger partial charge in [0.2, 0.25) is 0 Å². The molecule has 0 aliphatic carbocycles. The quantitative estimate of drug-likeness (QED) is 0.450. The third-order valence-electron chi connectivity index (χ3n) is 4.59. The summed E-state index contributed by atoms with van der Waals surface area (Å²) in [6.07, 6.45) is 1.42. The minimum atomic E-state index is -0.478. The fourth-order valence-corrected chi connectivity index (χ4v) is 3.39. The molecule has 4 aromatic rings.